The van der Waals surface area contributed by atoms with Crippen molar-refractivity contribution in [1.82, 2.24) is 0 Å². The van der Waals surface area contributed by atoms with Crippen molar-refractivity contribution in [1.29, 1.82) is 0 Å². The van der Waals surface area contributed by atoms with Gasteiger partial charge in [-0.1, -0.05) is 53.6 Å². The van der Waals surface area contributed by atoms with E-state index < -0.39 is 5.97 Å². The molecule has 3 aromatic rings. The van der Waals surface area contributed by atoms with Crippen molar-refractivity contribution in [2.45, 2.75) is 6.92 Å². The second kappa shape index (κ2) is 8.87. The summed E-state index contributed by atoms with van der Waals surface area (Å²) in [4.78, 5) is 24.7. The van der Waals surface area contributed by atoms with Crippen LogP contribution in [0.4, 0.5) is 5.00 Å². The molecule has 1 amide bonds. The molecule has 142 valence electrons. The van der Waals surface area contributed by atoms with E-state index in [1.807, 2.05) is 48.7 Å². The third-order valence-corrected chi connectivity index (χ3v) is 5.19. The zero-order valence-electron chi connectivity index (χ0n) is 15.4. The lowest BCUT2D eigenvalue weighted by Crippen LogP contribution is -2.11. The van der Waals surface area contributed by atoms with Gasteiger partial charge in [-0.3, -0.25) is 4.79 Å². The van der Waals surface area contributed by atoms with Gasteiger partial charge in [0.25, 0.3) is 0 Å². The Morgan fingerprint density at radius 2 is 1.89 bits per heavy atom. The van der Waals surface area contributed by atoms with E-state index in [0.717, 1.165) is 22.3 Å². The number of hydrogen-bond donors (Lipinski definition) is 1. The molecule has 0 aliphatic rings. The summed E-state index contributed by atoms with van der Waals surface area (Å²) in [6.07, 6.45) is 3.06. The van der Waals surface area contributed by atoms with Crippen LogP contribution in [-0.4, -0.2) is 19.0 Å². The van der Waals surface area contributed by atoms with Crippen molar-refractivity contribution in [2.24, 2.45) is 0 Å². The number of hydrogen-bond acceptors (Lipinski definition) is 4. The van der Waals surface area contributed by atoms with Crippen molar-refractivity contribution in [3.8, 4) is 11.1 Å². The first-order chi connectivity index (χ1) is 13.5. The Morgan fingerprint density at radius 3 is 2.57 bits per heavy atom. The highest BCUT2D eigenvalue weighted by Crippen LogP contribution is 2.36. The predicted molar refractivity (Wildman–Crippen MR) is 115 cm³/mol. The molecule has 1 aromatic heterocycles. The fraction of sp³-hybridized carbons (Fsp3) is 0.0909. The van der Waals surface area contributed by atoms with Crippen LogP contribution in [0.2, 0.25) is 5.02 Å². The molecule has 0 aliphatic carbocycles. The van der Waals surface area contributed by atoms with Crippen LogP contribution >= 0.6 is 22.9 Å². The molecule has 1 heterocycles. The Balaban J connectivity index is 1.86. The van der Waals surface area contributed by atoms with Gasteiger partial charge in [-0.05, 0) is 36.3 Å². The van der Waals surface area contributed by atoms with E-state index in [0.29, 0.717) is 15.6 Å². The number of ether oxygens (including phenoxy) is 1. The minimum Gasteiger partial charge on any atom is -0.465 e. The number of amides is 1. The number of anilines is 1. The largest absolute Gasteiger partial charge is 0.465 e. The summed E-state index contributed by atoms with van der Waals surface area (Å²) in [5.41, 5.74) is 3.89. The number of esters is 1. The van der Waals surface area contributed by atoms with Gasteiger partial charge in [-0.25, -0.2) is 4.79 Å². The Morgan fingerprint density at radius 1 is 1.14 bits per heavy atom. The highest BCUT2D eigenvalue weighted by atomic mass is 35.5. The lowest BCUT2D eigenvalue weighted by molar-refractivity contribution is -0.111. The fourth-order valence-electron chi connectivity index (χ4n) is 2.64. The van der Waals surface area contributed by atoms with Crippen LogP contribution in [0.5, 0.6) is 0 Å². The first-order valence-corrected chi connectivity index (χ1v) is 9.75. The summed E-state index contributed by atoms with van der Waals surface area (Å²) in [5, 5.41) is 5.65. The van der Waals surface area contributed by atoms with Crippen molar-refractivity contribution in [3.63, 3.8) is 0 Å². The quantitative estimate of drug-likeness (QED) is 0.425. The number of benzene rings is 2. The maximum absolute atomic E-state index is 12.4. The standard InChI is InChI=1S/C22H18ClNO3S/c1-14-6-9-16(10-7-14)18-13-28-21(20(18)22(26)27-2)24-19(25)11-8-15-4-3-5-17(23)12-15/h3-13H,1-2H3,(H,24,25)/b11-8+. The minimum atomic E-state index is -0.494. The number of carbonyl (C=O) groups excluding carboxylic acids is 2. The van der Waals surface area contributed by atoms with E-state index in [1.54, 1.807) is 18.2 Å². The van der Waals surface area contributed by atoms with Gasteiger partial charge in [0.15, 0.2) is 0 Å². The smallest absolute Gasteiger partial charge is 0.341 e. The van der Waals surface area contributed by atoms with Crippen molar-refractivity contribution in [3.05, 3.63) is 81.7 Å². The summed E-state index contributed by atoms with van der Waals surface area (Å²) >= 11 is 7.23. The molecule has 2 aromatic carbocycles. The number of thiophene rings is 1. The molecule has 4 nitrogen and oxygen atoms in total. The highest BCUT2D eigenvalue weighted by Gasteiger charge is 2.21. The Kier molecular flexibility index (Phi) is 6.29. The Hall–Kier alpha value is -2.89. The molecule has 1 N–H and O–H groups in total. The van der Waals surface area contributed by atoms with E-state index in [-0.39, 0.29) is 5.91 Å². The number of halogens is 1. The third-order valence-electron chi connectivity index (χ3n) is 4.06. The van der Waals surface area contributed by atoms with E-state index in [9.17, 15) is 9.59 Å². The summed E-state index contributed by atoms with van der Waals surface area (Å²) in [6, 6.07) is 15.0. The Labute approximate surface area is 172 Å². The number of carbonyl (C=O) groups is 2. The summed E-state index contributed by atoms with van der Waals surface area (Å²) in [6.45, 7) is 2.00. The lowest BCUT2D eigenvalue weighted by atomic mass is 10.0. The van der Waals surface area contributed by atoms with E-state index in [1.165, 1.54) is 24.5 Å². The van der Waals surface area contributed by atoms with Gasteiger partial charge in [0, 0.05) is 22.0 Å². The third kappa shape index (κ3) is 4.68. The van der Waals surface area contributed by atoms with Crippen LogP contribution in [-0.2, 0) is 9.53 Å². The van der Waals surface area contributed by atoms with Gasteiger partial charge in [0.1, 0.15) is 10.6 Å². The van der Waals surface area contributed by atoms with Gasteiger partial charge in [0.05, 0.1) is 7.11 Å². The molecule has 3 rings (SSSR count). The van der Waals surface area contributed by atoms with Gasteiger partial charge in [-0.15, -0.1) is 11.3 Å². The zero-order chi connectivity index (χ0) is 20.1. The van der Waals surface area contributed by atoms with Crippen LogP contribution in [0.25, 0.3) is 17.2 Å². The molecule has 0 spiro atoms. The molecule has 28 heavy (non-hydrogen) atoms. The Bertz CT molecular complexity index is 1040. The number of aryl methyl sites for hydroxylation is 1. The summed E-state index contributed by atoms with van der Waals surface area (Å²) < 4.78 is 4.93. The summed E-state index contributed by atoms with van der Waals surface area (Å²) in [7, 11) is 1.32. The maximum atomic E-state index is 12.4. The van der Waals surface area contributed by atoms with Crippen molar-refractivity contribution >= 4 is 45.9 Å². The highest BCUT2D eigenvalue weighted by molar-refractivity contribution is 7.15. The second-order valence-corrected chi connectivity index (χ2v) is 7.40. The number of nitrogens with one attached hydrogen (secondary N) is 1. The van der Waals surface area contributed by atoms with Gasteiger partial charge in [0.2, 0.25) is 5.91 Å². The average molecular weight is 412 g/mol. The maximum Gasteiger partial charge on any atom is 0.341 e. The first kappa shape index (κ1) is 19.9. The van der Waals surface area contributed by atoms with Gasteiger partial charge >= 0.3 is 5.97 Å². The normalized spacial score (nSPS) is 10.8. The fourth-order valence-corrected chi connectivity index (χ4v) is 3.79. The second-order valence-electron chi connectivity index (χ2n) is 6.09. The lowest BCUT2D eigenvalue weighted by Gasteiger charge is -2.07. The van der Waals surface area contributed by atoms with E-state index >= 15 is 0 Å². The van der Waals surface area contributed by atoms with E-state index in [2.05, 4.69) is 5.32 Å². The molecule has 0 atom stereocenters. The first-order valence-electron chi connectivity index (χ1n) is 8.49. The molecule has 0 saturated carbocycles. The minimum absolute atomic E-state index is 0.345. The average Bonchev–Trinajstić information content (AvgIpc) is 3.10. The van der Waals surface area contributed by atoms with Gasteiger partial charge < -0.3 is 10.1 Å². The predicted octanol–water partition coefficient (Wildman–Crippen LogP) is 5.82. The van der Waals surface area contributed by atoms with Crippen LogP contribution in [0.3, 0.4) is 0 Å². The monoisotopic (exact) mass is 411 g/mol. The zero-order valence-corrected chi connectivity index (χ0v) is 16.9. The molecule has 6 heteroatoms. The van der Waals surface area contributed by atoms with Crippen LogP contribution in [0.1, 0.15) is 21.5 Å². The number of methoxy groups -OCH3 is 1. The van der Waals surface area contributed by atoms with Crippen molar-refractivity contribution < 1.29 is 14.3 Å². The molecule has 0 unspecified atom stereocenters. The van der Waals surface area contributed by atoms with Crippen LogP contribution < -0.4 is 5.32 Å². The molecular weight excluding hydrogens is 394 g/mol. The van der Waals surface area contributed by atoms with Crippen LogP contribution in [0.15, 0.2) is 60.0 Å². The van der Waals surface area contributed by atoms with Gasteiger partial charge in [-0.2, -0.15) is 0 Å². The summed E-state index contributed by atoms with van der Waals surface area (Å²) in [5.74, 6) is -0.839. The topological polar surface area (TPSA) is 55.4 Å². The molecular formula is C22H18ClNO3S. The van der Waals surface area contributed by atoms with Crippen molar-refractivity contribution in [2.75, 3.05) is 12.4 Å². The molecule has 0 saturated heterocycles. The molecule has 0 radical (unpaired) electrons. The number of rotatable bonds is 5. The van der Waals surface area contributed by atoms with E-state index in [4.69, 9.17) is 16.3 Å². The SMILES string of the molecule is COC(=O)c1c(-c2ccc(C)cc2)csc1NC(=O)/C=C/c1cccc(Cl)c1. The molecule has 0 bridgehead atoms. The molecule has 0 aliphatic heterocycles. The van der Waals surface area contributed by atoms with Crippen LogP contribution in [0, 0.1) is 6.92 Å². The molecule has 0 fully saturated rings.